The molecule has 1 aromatic heterocycles. The second-order valence-corrected chi connectivity index (χ2v) is 12.3. The Balaban J connectivity index is 1.85. The van der Waals surface area contributed by atoms with Crippen LogP contribution in [0.15, 0.2) is 41.8 Å². The molecular weight excluding hydrogens is 551 g/mol. The standard InChI is InChI=1S/C29H38ClFN6O4/c1-17(2)24(18-8-10-19(30)11-9-18)25(35-36-32)26(38)34-23-15-33-14-22(31)21(23)13-12-20-16-40-29(6,7)37(20)27(39)41-28(3,4)5/h8-11,14-15,17,20,24-25H,12-13,16H2,1-7H3,(H,34,38)/t20?,24?,25-/m0/s1. The monoisotopic (exact) mass is 588 g/mol. The first-order chi connectivity index (χ1) is 19.1. The molecule has 2 amide bonds. The number of aromatic nitrogens is 1. The number of halogens is 2. The van der Waals surface area contributed by atoms with Gasteiger partial charge < -0.3 is 14.8 Å². The van der Waals surface area contributed by atoms with Gasteiger partial charge in [0.15, 0.2) is 0 Å². The van der Waals surface area contributed by atoms with Crippen molar-refractivity contribution in [2.75, 3.05) is 11.9 Å². The van der Waals surface area contributed by atoms with Crippen molar-refractivity contribution in [3.63, 3.8) is 0 Å². The normalized spacial score (nSPS) is 18.0. The number of pyridine rings is 1. The molecule has 3 rings (SSSR count). The number of nitrogens with zero attached hydrogens (tertiary/aromatic N) is 5. The van der Waals surface area contributed by atoms with Crippen molar-refractivity contribution in [1.82, 2.24) is 9.88 Å². The molecule has 222 valence electrons. The molecule has 1 N–H and O–H groups in total. The molecule has 2 aromatic rings. The molecule has 2 unspecified atom stereocenters. The topological polar surface area (TPSA) is 130 Å². The van der Waals surface area contributed by atoms with Crippen LogP contribution in [0.4, 0.5) is 14.9 Å². The fourth-order valence-electron chi connectivity index (χ4n) is 5.08. The van der Waals surface area contributed by atoms with Gasteiger partial charge in [0.25, 0.3) is 0 Å². The SMILES string of the molecule is CC(C)C(c1ccc(Cl)cc1)[C@H](N=[N+]=[N-])C(=O)Nc1cncc(F)c1CCC1COC(C)(C)N1C(=O)OC(C)(C)C. The fraction of sp³-hybridized carbons (Fsp3) is 0.552. The summed E-state index contributed by atoms with van der Waals surface area (Å²) in [5.74, 6) is -1.74. The maximum absolute atomic E-state index is 15.1. The zero-order valence-corrected chi connectivity index (χ0v) is 25.3. The number of anilines is 1. The van der Waals surface area contributed by atoms with Crippen LogP contribution < -0.4 is 5.32 Å². The summed E-state index contributed by atoms with van der Waals surface area (Å²) >= 11 is 6.05. The van der Waals surface area contributed by atoms with Crippen molar-refractivity contribution >= 4 is 29.3 Å². The number of nitrogens with one attached hydrogen (secondary N) is 1. The summed E-state index contributed by atoms with van der Waals surface area (Å²) < 4.78 is 26.6. The van der Waals surface area contributed by atoms with E-state index in [1.165, 1.54) is 11.1 Å². The summed E-state index contributed by atoms with van der Waals surface area (Å²) in [5, 5.41) is 7.10. The second kappa shape index (κ2) is 13.1. The van der Waals surface area contributed by atoms with E-state index in [0.29, 0.717) is 11.4 Å². The van der Waals surface area contributed by atoms with E-state index < -0.39 is 41.1 Å². The third kappa shape index (κ3) is 8.09. The lowest BCUT2D eigenvalue weighted by Crippen LogP contribution is -2.50. The number of benzene rings is 1. The molecule has 2 heterocycles. The summed E-state index contributed by atoms with van der Waals surface area (Å²) in [6, 6.07) is 5.49. The van der Waals surface area contributed by atoms with Crippen LogP contribution in [0.25, 0.3) is 10.4 Å². The van der Waals surface area contributed by atoms with E-state index in [1.54, 1.807) is 58.9 Å². The Morgan fingerprint density at radius 1 is 1.29 bits per heavy atom. The highest BCUT2D eigenvalue weighted by atomic mass is 35.5. The molecule has 41 heavy (non-hydrogen) atoms. The third-order valence-electron chi connectivity index (χ3n) is 6.91. The number of carbonyl (C=O) groups is 2. The highest BCUT2D eigenvalue weighted by Crippen LogP contribution is 2.34. The van der Waals surface area contributed by atoms with Crippen LogP contribution >= 0.6 is 11.6 Å². The molecule has 3 atom stereocenters. The van der Waals surface area contributed by atoms with Gasteiger partial charge in [-0.3, -0.25) is 14.7 Å². The Morgan fingerprint density at radius 3 is 2.54 bits per heavy atom. The van der Waals surface area contributed by atoms with Gasteiger partial charge >= 0.3 is 6.09 Å². The number of azide groups is 1. The van der Waals surface area contributed by atoms with Crippen LogP contribution in [0.2, 0.25) is 5.02 Å². The number of amides is 2. The van der Waals surface area contributed by atoms with E-state index >= 15 is 4.39 Å². The molecule has 12 heteroatoms. The third-order valence-corrected chi connectivity index (χ3v) is 7.16. The molecule has 0 spiro atoms. The Hall–Kier alpha value is -3.40. The van der Waals surface area contributed by atoms with E-state index in [1.807, 2.05) is 13.8 Å². The molecule has 0 bridgehead atoms. The van der Waals surface area contributed by atoms with Gasteiger partial charge in [-0.25, -0.2) is 9.18 Å². The van der Waals surface area contributed by atoms with Gasteiger partial charge in [-0.2, -0.15) is 0 Å². The Morgan fingerprint density at radius 2 is 1.95 bits per heavy atom. The van der Waals surface area contributed by atoms with Crippen LogP contribution in [-0.4, -0.2) is 51.9 Å². The minimum atomic E-state index is -1.12. The first-order valence-corrected chi connectivity index (χ1v) is 13.9. The predicted octanol–water partition coefficient (Wildman–Crippen LogP) is 7.24. The number of hydrogen-bond donors (Lipinski definition) is 1. The van der Waals surface area contributed by atoms with Gasteiger partial charge in [0, 0.05) is 21.4 Å². The molecular formula is C29H38ClFN6O4. The lowest BCUT2D eigenvalue weighted by atomic mass is 9.82. The molecule has 0 aliphatic carbocycles. The van der Waals surface area contributed by atoms with Crippen LogP contribution in [0.3, 0.4) is 0 Å². The summed E-state index contributed by atoms with van der Waals surface area (Å²) in [6.45, 7) is 13.0. The number of rotatable bonds is 9. The summed E-state index contributed by atoms with van der Waals surface area (Å²) in [7, 11) is 0. The zero-order valence-electron chi connectivity index (χ0n) is 24.5. The first-order valence-electron chi connectivity index (χ1n) is 13.5. The molecule has 0 radical (unpaired) electrons. The minimum absolute atomic E-state index is 0.0768. The van der Waals surface area contributed by atoms with Crippen molar-refractivity contribution in [3.05, 3.63) is 69.1 Å². The Labute approximate surface area is 245 Å². The lowest BCUT2D eigenvalue weighted by Gasteiger charge is -2.35. The lowest BCUT2D eigenvalue weighted by molar-refractivity contribution is -0.118. The smallest absolute Gasteiger partial charge is 0.412 e. The van der Waals surface area contributed by atoms with Gasteiger partial charge in [-0.05, 0) is 76.6 Å². The van der Waals surface area contributed by atoms with E-state index in [-0.39, 0.29) is 36.2 Å². The number of carbonyl (C=O) groups excluding carboxylic acids is 2. The molecule has 1 aromatic carbocycles. The van der Waals surface area contributed by atoms with E-state index in [9.17, 15) is 15.1 Å². The van der Waals surface area contributed by atoms with E-state index in [0.717, 1.165) is 11.8 Å². The van der Waals surface area contributed by atoms with Crippen molar-refractivity contribution in [2.24, 2.45) is 11.0 Å². The van der Waals surface area contributed by atoms with Crippen molar-refractivity contribution in [1.29, 1.82) is 0 Å². The van der Waals surface area contributed by atoms with Gasteiger partial charge in [-0.15, -0.1) is 0 Å². The van der Waals surface area contributed by atoms with Crippen LogP contribution in [0, 0.1) is 11.7 Å². The average molecular weight is 589 g/mol. The number of ether oxygens (including phenoxy) is 2. The second-order valence-electron chi connectivity index (χ2n) is 11.9. The molecule has 1 fully saturated rings. The zero-order chi connectivity index (χ0) is 30.5. The van der Waals surface area contributed by atoms with Crippen LogP contribution in [0.1, 0.15) is 71.9 Å². The average Bonchev–Trinajstić information content (AvgIpc) is 3.17. The number of hydrogen-bond acceptors (Lipinski definition) is 6. The van der Waals surface area contributed by atoms with Crippen molar-refractivity contribution < 1.29 is 23.5 Å². The highest BCUT2D eigenvalue weighted by molar-refractivity contribution is 6.30. The van der Waals surface area contributed by atoms with Gasteiger partial charge in [0.2, 0.25) is 5.91 Å². The van der Waals surface area contributed by atoms with Crippen LogP contribution in [0.5, 0.6) is 0 Å². The van der Waals surface area contributed by atoms with E-state index in [4.69, 9.17) is 21.1 Å². The van der Waals surface area contributed by atoms with E-state index in [2.05, 4.69) is 20.3 Å². The van der Waals surface area contributed by atoms with Gasteiger partial charge in [0.1, 0.15) is 23.2 Å². The first kappa shape index (κ1) is 32.1. The molecule has 1 aliphatic heterocycles. The maximum atomic E-state index is 15.1. The fourth-order valence-corrected chi connectivity index (χ4v) is 5.20. The highest BCUT2D eigenvalue weighted by Gasteiger charge is 2.45. The van der Waals surface area contributed by atoms with Crippen molar-refractivity contribution in [2.45, 2.75) is 90.6 Å². The Kier molecular flexibility index (Phi) is 10.2. The van der Waals surface area contributed by atoms with Crippen molar-refractivity contribution in [3.8, 4) is 0 Å². The van der Waals surface area contributed by atoms with Gasteiger partial charge in [0.05, 0.1) is 30.7 Å². The summed E-state index contributed by atoms with van der Waals surface area (Å²) in [6.07, 6.45) is 2.42. The predicted molar refractivity (Wildman–Crippen MR) is 155 cm³/mol. The molecule has 10 nitrogen and oxygen atoms in total. The maximum Gasteiger partial charge on any atom is 0.412 e. The minimum Gasteiger partial charge on any atom is -0.444 e. The quantitative estimate of drug-likeness (QED) is 0.187. The Bertz CT molecular complexity index is 1290. The molecule has 0 saturated carbocycles. The summed E-state index contributed by atoms with van der Waals surface area (Å²) in [5.41, 5.74) is 8.84. The molecule has 1 aliphatic rings. The van der Waals surface area contributed by atoms with Crippen LogP contribution in [-0.2, 0) is 20.7 Å². The van der Waals surface area contributed by atoms with Gasteiger partial charge in [-0.1, -0.05) is 42.7 Å². The summed E-state index contributed by atoms with van der Waals surface area (Å²) in [4.78, 5) is 34.9. The largest absolute Gasteiger partial charge is 0.444 e. The molecule has 1 saturated heterocycles.